The molecule has 0 aliphatic heterocycles. The topological polar surface area (TPSA) is 58.8 Å². The molecule has 2 rings (SSSR count). The van der Waals surface area contributed by atoms with Crippen molar-refractivity contribution < 1.29 is 9.13 Å². The van der Waals surface area contributed by atoms with Crippen molar-refractivity contribution >= 4 is 11.6 Å². The number of nitriles is 1. The zero-order valence-corrected chi connectivity index (χ0v) is 10.1. The van der Waals surface area contributed by atoms with E-state index in [1.807, 2.05) is 0 Å². The molecule has 1 aromatic carbocycles. The van der Waals surface area contributed by atoms with Crippen LogP contribution in [0, 0.1) is 24.1 Å². The summed E-state index contributed by atoms with van der Waals surface area (Å²) in [6.07, 6.45) is 1.48. The van der Waals surface area contributed by atoms with Gasteiger partial charge in [0.2, 0.25) is 11.2 Å². The molecule has 0 saturated carbocycles. The molecule has 0 saturated heterocycles. The maximum Gasteiger partial charge on any atom is 0.226 e. The minimum atomic E-state index is -0.646. The van der Waals surface area contributed by atoms with Crippen molar-refractivity contribution in [3.05, 3.63) is 46.6 Å². The van der Waals surface area contributed by atoms with Crippen LogP contribution in [-0.2, 0) is 0 Å². The molecule has 1 heterocycles. The van der Waals surface area contributed by atoms with Gasteiger partial charge in [-0.2, -0.15) is 10.2 Å². The normalized spacial score (nSPS) is 9.89. The van der Waals surface area contributed by atoms with Gasteiger partial charge in [-0.3, -0.25) is 0 Å². The summed E-state index contributed by atoms with van der Waals surface area (Å²) in [6.45, 7) is 1.72. The molecular formula is C12H7ClFN3O. The molecule has 0 amide bonds. The van der Waals surface area contributed by atoms with E-state index in [0.717, 1.165) is 0 Å². The molecule has 0 spiro atoms. The Labute approximate surface area is 108 Å². The second kappa shape index (κ2) is 4.98. The molecule has 1 aromatic heterocycles. The number of ether oxygens (including phenoxy) is 1. The Morgan fingerprint density at radius 3 is 2.94 bits per heavy atom. The van der Waals surface area contributed by atoms with Crippen molar-refractivity contribution in [1.29, 1.82) is 5.26 Å². The summed E-state index contributed by atoms with van der Waals surface area (Å²) < 4.78 is 18.8. The lowest BCUT2D eigenvalue weighted by atomic mass is 10.2. The molecule has 6 heteroatoms. The van der Waals surface area contributed by atoms with Crippen LogP contribution < -0.4 is 4.74 Å². The summed E-state index contributed by atoms with van der Waals surface area (Å²) in [4.78, 5) is 7.65. The van der Waals surface area contributed by atoms with E-state index < -0.39 is 5.82 Å². The van der Waals surface area contributed by atoms with Gasteiger partial charge >= 0.3 is 0 Å². The van der Waals surface area contributed by atoms with Crippen molar-refractivity contribution in [3.8, 4) is 17.7 Å². The fraction of sp³-hybridized carbons (Fsp3) is 0.0833. The second-order valence-corrected chi connectivity index (χ2v) is 3.79. The van der Waals surface area contributed by atoms with E-state index in [1.165, 1.54) is 24.4 Å². The largest absolute Gasteiger partial charge is 0.437 e. The average molecular weight is 264 g/mol. The third kappa shape index (κ3) is 2.39. The highest BCUT2D eigenvalue weighted by atomic mass is 35.5. The molecule has 0 fully saturated rings. The summed E-state index contributed by atoms with van der Waals surface area (Å²) in [5.41, 5.74) is 0.458. The zero-order valence-electron chi connectivity index (χ0n) is 9.32. The van der Waals surface area contributed by atoms with Crippen LogP contribution in [0.25, 0.3) is 0 Å². The van der Waals surface area contributed by atoms with Gasteiger partial charge in [0.25, 0.3) is 0 Å². The Bertz CT molecular complexity index is 640. The van der Waals surface area contributed by atoms with Crippen LogP contribution in [0.15, 0.2) is 24.4 Å². The number of benzene rings is 1. The van der Waals surface area contributed by atoms with Gasteiger partial charge in [-0.1, -0.05) is 6.07 Å². The summed E-state index contributed by atoms with van der Waals surface area (Å²) in [7, 11) is 0. The van der Waals surface area contributed by atoms with Gasteiger partial charge in [-0.05, 0) is 30.7 Å². The van der Waals surface area contributed by atoms with Crippen molar-refractivity contribution in [1.82, 2.24) is 9.97 Å². The molecule has 18 heavy (non-hydrogen) atoms. The first kappa shape index (κ1) is 12.3. The van der Waals surface area contributed by atoms with Gasteiger partial charge in [0.05, 0.1) is 0 Å². The predicted molar refractivity (Wildman–Crippen MR) is 63.0 cm³/mol. The molecule has 0 radical (unpaired) electrons. The molecule has 90 valence electrons. The van der Waals surface area contributed by atoms with Gasteiger partial charge in [0, 0.05) is 11.8 Å². The van der Waals surface area contributed by atoms with Crippen LogP contribution in [-0.4, -0.2) is 9.97 Å². The average Bonchev–Trinajstić information content (AvgIpc) is 2.34. The predicted octanol–water partition coefficient (Wildman–Crippen LogP) is 3.24. The van der Waals surface area contributed by atoms with Gasteiger partial charge < -0.3 is 4.74 Å². The SMILES string of the molecule is Cc1cnc(Cl)nc1Oc1cccc(F)c1C#N. The Balaban J connectivity index is 2.44. The van der Waals surface area contributed by atoms with Crippen LogP contribution in [0.3, 0.4) is 0 Å². The fourth-order valence-corrected chi connectivity index (χ4v) is 1.44. The van der Waals surface area contributed by atoms with Gasteiger partial charge in [-0.15, -0.1) is 0 Å². The first-order valence-electron chi connectivity index (χ1n) is 4.97. The lowest BCUT2D eigenvalue weighted by Crippen LogP contribution is -1.96. The van der Waals surface area contributed by atoms with Crippen molar-refractivity contribution in [2.75, 3.05) is 0 Å². The highest BCUT2D eigenvalue weighted by Gasteiger charge is 2.12. The van der Waals surface area contributed by atoms with Crippen molar-refractivity contribution in [2.24, 2.45) is 0 Å². The monoisotopic (exact) mass is 263 g/mol. The standard InChI is InChI=1S/C12H7ClFN3O/c1-7-6-16-12(13)17-11(7)18-10-4-2-3-9(14)8(10)5-15/h2-4,6H,1H3. The van der Waals surface area contributed by atoms with Crippen LogP contribution >= 0.6 is 11.6 Å². The quantitative estimate of drug-likeness (QED) is 0.781. The maximum atomic E-state index is 13.4. The molecule has 0 unspecified atom stereocenters. The molecule has 0 bridgehead atoms. The number of halogens is 2. The number of hydrogen-bond acceptors (Lipinski definition) is 4. The van der Waals surface area contributed by atoms with Crippen molar-refractivity contribution in [3.63, 3.8) is 0 Å². The lowest BCUT2D eigenvalue weighted by molar-refractivity contribution is 0.451. The Morgan fingerprint density at radius 2 is 2.22 bits per heavy atom. The summed E-state index contributed by atoms with van der Waals surface area (Å²) in [6, 6.07) is 5.86. The van der Waals surface area contributed by atoms with E-state index in [1.54, 1.807) is 13.0 Å². The van der Waals surface area contributed by atoms with Gasteiger partial charge in [0.1, 0.15) is 23.2 Å². The van der Waals surface area contributed by atoms with E-state index in [-0.39, 0.29) is 22.5 Å². The summed E-state index contributed by atoms with van der Waals surface area (Å²) in [5, 5.41) is 8.89. The van der Waals surface area contributed by atoms with E-state index >= 15 is 0 Å². The third-order valence-corrected chi connectivity index (χ3v) is 2.37. The first-order chi connectivity index (χ1) is 8.61. The zero-order chi connectivity index (χ0) is 13.1. The Hall–Kier alpha value is -2.19. The van der Waals surface area contributed by atoms with Gasteiger partial charge in [-0.25, -0.2) is 9.37 Å². The number of hydrogen-bond donors (Lipinski definition) is 0. The molecule has 4 nitrogen and oxygen atoms in total. The second-order valence-electron chi connectivity index (χ2n) is 3.45. The summed E-state index contributed by atoms with van der Waals surface area (Å²) >= 11 is 5.65. The molecule has 0 aliphatic carbocycles. The number of aryl methyl sites for hydroxylation is 1. The van der Waals surface area contributed by atoms with Crippen LogP contribution in [0.5, 0.6) is 11.6 Å². The van der Waals surface area contributed by atoms with E-state index in [2.05, 4.69) is 9.97 Å². The fourth-order valence-electron chi connectivity index (χ4n) is 1.31. The van der Waals surface area contributed by atoms with Gasteiger partial charge in [0.15, 0.2) is 0 Å². The smallest absolute Gasteiger partial charge is 0.226 e. The first-order valence-corrected chi connectivity index (χ1v) is 5.35. The number of aromatic nitrogens is 2. The number of rotatable bonds is 2. The molecule has 0 atom stereocenters. The van der Waals surface area contributed by atoms with Crippen molar-refractivity contribution in [2.45, 2.75) is 6.92 Å². The lowest BCUT2D eigenvalue weighted by Gasteiger charge is -2.08. The van der Waals surface area contributed by atoms with Crippen LogP contribution in [0.2, 0.25) is 5.28 Å². The maximum absolute atomic E-state index is 13.4. The minimum absolute atomic E-state index is 0.0190. The van der Waals surface area contributed by atoms with Crippen LogP contribution in [0.4, 0.5) is 4.39 Å². The highest BCUT2D eigenvalue weighted by molar-refractivity contribution is 6.28. The van der Waals surface area contributed by atoms with E-state index in [0.29, 0.717) is 5.56 Å². The van der Waals surface area contributed by atoms with Crippen LogP contribution in [0.1, 0.15) is 11.1 Å². The molecular weight excluding hydrogens is 257 g/mol. The third-order valence-electron chi connectivity index (χ3n) is 2.19. The minimum Gasteiger partial charge on any atom is -0.437 e. The molecule has 2 aromatic rings. The number of nitrogens with zero attached hydrogens (tertiary/aromatic N) is 3. The van der Waals surface area contributed by atoms with E-state index in [9.17, 15) is 4.39 Å². The molecule has 0 aliphatic rings. The molecule has 0 N–H and O–H groups in total. The highest BCUT2D eigenvalue weighted by Crippen LogP contribution is 2.27. The Kier molecular flexibility index (Phi) is 3.40. The van der Waals surface area contributed by atoms with E-state index in [4.69, 9.17) is 21.6 Å². The summed E-state index contributed by atoms with van der Waals surface area (Å²) in [5.74, 6) is -0.361. The Morgan fingerprint density at radius 1 is 1.44 bits per heavy atom.